The van der Waals surface area contributed by atoms with E-state index in [0.717, 1.165) is 29.8 Å². The van der Waals surface area contributed by atoms with Crippen molar-refractivity contribution in [2.24, 2.45) is 5.73 Å². The van der Waals surface area contributed by atoms with E-state index in [1.54, 1.807) is 0 Å². The van der Waals surface area contributed by atoms with Crippen LogP contribution in [0.25, 0.3) is 11.6 Å². The van der Waals surface area contributed by atoms with Crippen molar-refractivity contribution in [3.63, 3.8) is 0 Å². The van der Waals surface area contributed by atoms with Crippen LogP contribution in [0.15, 0.2) is 36.1 Å². The smallest absolute Gasteiger partial charge is 0.0390 e. The van der Waals surface area contributed by atoms with E-state index in [0.29, 0.717) is 0 Å². The molecule has 0 bridgehead atoms. The van der Waals surface area contributed by atoms with Crippen molar-refractivity contribution in [3.8, 4) is 0 Å². The highest BCUT2D eigenvalue weighted by molar-refractivity contribution is 5.79. The standard InChI is InChI=1S/C16H20N2/c1-3-6-13-11(2)12(9-10-16(13)18)14-7-4-5-8-15(14)17/h3,5-6,8-10H,4,7,17-18H2,1-2H3/b6-3-. The topological polar surface area (TPSA) is 52.0 Å². The molecule has 18 heavy (non-hydrogen) atoms. The molecule has 1 aliphatic carbocycles. The van der Waals surface area contributed by atoms with Gasteiger partial charge in [-0.3, -0.25) is 0 Å². The summed E-state index contributed by atoms with van der Waals surface area (Å²) in [6.45, 7) is 4.11. The number of hydrogen-bond donors (Lipinski definition) is 2. The molecule has 0 saturated heterocycles. The maximum absolute atomic E-state index is 6.09. The zero-order chi connectivity index (χ0) is 13.1. The van der Waals surface area contributed by atoms with Gasteiger partial charge in [0.15, 0.2) is 0 Å². The first-order valence-corrected chi connectivity index (χ1v) is 6.32. The molecule has 0 spiro atoms. The van der Waals surface area contributed by atoms with Crippen molar-refractivity contribution in [2.45, 2.75) is 26.7 Å². The molecule has 94 valence electrons. The third-order valence-electron chi connectivity index (χ3n) is 3.41. The van der Waals surface area contributed by atoms with E-state index in [2.05, 4.69) is 25.1 Å². The molecule has 0 saturated carbocycles. The number of nitrogens with two attached hydrogens (primary N) is 2. The van der Waals surface area contributed by atoms with Gasteiger partial charge in [0.25, 0.3) is 0 Å². The lowest BCUT2D eigenvalue weighted by atomic mass is 9.89. The highest BCUT2D eigenvalue weighted by atomic mass is 14.6. The van der Waals surface area contributed by atoms with Gasteiger partial charge in [0.1, 0.15) is 0 Å². The van der Waals surface area contributed by atoms with Crippen molar-refractivity contribution in [1.82, 2.24) is 0 Å². The summed E-state index contributed by atoms with van der Waals surface area (Å²) in [5.41, 5.74) is 18.6. The Hall–Kier alpha value is -1.96. The second-order valence-electron chi connectivity index (χ2n) is 4.62. The van der Waals surface area contributed by atoms with Gasteiger partial charge < -0.3 is 11.5 Å². The molecule has 4 N–H and O–H groups in total. The molecular formula is C16H20N2. The Balaban J connectivity index is 2.59. The van der Waals surface area contributed by atoms with Gasteiger partial charge in [0.2, 0.25) is 0 Å². The Labute approximate surface area is 109 Å². The van der Waals surface area contributed by atoms with Gasteiger partial charge in [-0.1, -0.05) is 24.3 Å². The highest BCUT2D eigenvalue weighted by Crippen LogP contribution is 2.32. The molecule has 0 aliphatic heterocycles. The molecule has 2 nitrogen and oxygen atoms in total. The van der Waals surface area contributed by atoms with Gasteiger partial charge in [-0.2, -0.15) is 0 Å². The second kappa shape index (κ2) is 5.13. The van der Waals surface area contributed by atoms with Gasteiger partial charge in [-0.15, -0.1) is 0 Å². The Morgan fingerprint density at radius 3 is 2.67 bits per heavy atom. The van der Waals surface area contributed by atoms with Gasteiger partial charge in [0.05, 0.1) is 0 Å². The number of allylic oxidation sites excluding steroid dienone is 4. The number of nitrogen functional groups attached to an aromatic ring is 1. The Morgan fingerprint density at radius 2 is 2.00 bits per heavy atom. The van der Waals surface area contributed by atoms with Crippen molar-refractivity contribution >= 4 is 17.3 Å². The largest absolute Gasteiger partial charge is 0.398 e. The zero-order valence-corrected chi connectivity index (χ0v) is 11.0. The van der Waals surface area contributed by atoms with Crippen LogP contribution < -0.4 is 11.5 Å². The molecule has 2 heteroatoms. The predicted molar refractivity (Wildman–Crippen MR) is 79.8 cm³/mol. The fourth-order valence-corrected chi connectivity index (χ4v) is 2.44. The molecular weight excluding hydrogens is 220 g/mol. The van der Waals surface area contributed by atoms with Crippen LogP contribution in [0.1, 0.15) is 36.5 Å². The third-order valence-corrected chi connectivity index (χ3v) is 3.41. The van der Waals surface area contributed by atoms with Crippen LogP contribution in [0.2, 0.25) is 0 Å². The predicted octanol–water partition coefficient (Wildman–Crippen LogP) is 3.63. The molecule has 2 rings (SSSR count). The average molecular weight is 240 g/mol. The molecule has 0 heterocycles. The fourth-order valence-electron chi connectivity index (χ4n) is 2.44. The van der Waals surface area contributed by atoms with E-state index in [-0.39, 0.29) is 0 Å². The van der Waals surface area contributed by atoms with Crippen LogP contribution in [-0.2, 0) is 0 Å². The number of rotatable bonds is 2. The van der Waals surface area contributed by atoms with E-state index in [1.165, 1.54) is 16.7 Å². The minimum absolute atomic E-state index is 0.819. The molecule has 1 aromatic rings. The lowest BCUT2D eigenvalue weighted by Crippen LogP contribution is -2.05. The first-order chi connectivity index (χ1) is 8.65. The van der Waals surface area contributed by atoms with E-state index >= 15 is 0 Å². The van der Waals surface area contributed by atoms with Crippen molar-refractivity contribution < 1.29 is 0 Å². The van der Waals surface area contributed by atoms with Crippen molar-refractivity contribution in [2.75, 3.05) is 5.73 Å². The summed E-state index contributed by atoms with van der Waals surface area (Å²) in [7, 11) is 0. The van der Waals surface area contributed by atoms with Crippen LogP contribution in [0, 0.1) is 6.92 Å². The maximum Gasteiger partial charge on any atom is 0.0390 e. The molecule has 0 fully saturated rings. The minimum Gasteiger partial charge on any atom is -0.398 e. The molecule has 0 aromatic heterocycles. The monoisotopic (exact) mass is 240 g/mol. The molecule has 0 amide bonds. The average Bonchev–Trinajstić information content (AvgIpc) is 2.36. The zero-order valence-electron chi connectivity index (χ0n) is 11.0. The van der Waals surface area contributed by atoms with Gasteiger partial charge >= 0.3 is 0 Å². The van der Waals surface area contributed by atoms with Crippen LogP contribution >= 0.6 is 0 Å². The fraction of sp³-hybridized carbons (Fsp3) is 0.250. The molecule has 1 aromatic carbocycles. The number of benzene rings is 1. The van der Waals surface area contributed by atoms with E-state index < -0.39 is 0 Å². The number of anilines is 1. The number of hydrogen-bond acceptors (Lipinski definition) is 2. The second-order valence-corrected chi connectivity index (χ2v) is 4.62. The summed E-state index contributed by atoms with van der Waals surface area (Å²) in [6, 6.07) is 4.05. The Kier molecular flexibility index (Phi) is 3.56. The Morgan fingerprint density at radius 1 is 1.22 bits per heavy atom. The minimum atomic E-state index is 0.819. The van der Waals surface area contributed by atoms with Crippen LogP contribution in [0.3, 0.4) is 0 Å². The van der Waals surface area contributed by atoms with E-state index in [1.807, 2.05) is 25.1 Å². The summed E-state index contributed by atoms with van der Waals surface area (Å²) in [4.78, 5) is 0. The van der Waals surface area contributed by atoms with Crippen LogP contribution in [-0.4, -0.2) is 0 Å². The van der Waals surface area contributed by atoms with Crippen molar-refractivity contribution in [3.05, 3.63) is 52.7 Å². The van der Waals surface area contributed by atoms with Gasteiger partial charge in [0, 0.05) is 16.9 Å². The van der Waals surface area contributed by atoms with E-state index in [9.17, 15) is 0 Å². The quantitative estimate of drug-likeness (QED) is 0.775. The van der Waals surface area contributed by atoms with Gasteiger partial charge in [-0.05, 0) is 55.5 Å². The summed E-state index contributed by atoms with van der Waals surface area (Å²) < 4.78 is 0. The molecule has 1 aliphatic rings. The highest BCUT2D eigenvalue weighted by Gasteiger charge is 2.13. The molecule has 0 atom stereocenters. The summed E-state index contributed by atoms with van der Waals surface area (Å²) in [5.74, 6) is 0. The lowest BCUT2D eigenvalue weighted by molar-refractivity contribution is 1.03. The first kappa shape index (κ1) is 12.5. The molecule has 0 unspecified atom stereocenters. The molecule has 0 radical (unpaired) electrons. The summed E-state index contributed by atoms with van der Waals surface area (Å²) in [5, 5.41) is 0. The van der Waals surface area contributed by atoms with Gasteiger partial charge in [-0.25, -0.2) is 0 Å². The SMILES string of the molecule is C/C=C\c1c(N)ccc(C2=C(N)C=CCC2)c1C. The van der Waals surface area contributed by atoms with Crippen LogP contribution in [0.4, 0.5) is 5.69 Å². The summed E-state index contributed by atoms with van der Waals surface area (Å²) in [6.07, 6.45) is 10.3. The Bertz CT molecular complexity index is 548. The first-order valence-electron chi connectivity index (χ1n) is 6.32. The summed E-state index contributed by atoms with van der Waals surface area (Å²) >= 11 is 0. The van der Waals surface area contributed by atoms with E-state index in [4.69, 9.17) is 11.5 Å². The maximum atomic E-state index is 6.09. The van der Waals surface area contributed by atoms with Crippen molar-refractivity contribution in [1.29, 1.82) is 0 Å². The van der Waals surface area contributed by atoms with Crippen LogP contribution in [0.5, 0.6) is 0 Å². The lowest BCUT2D eigenvalue weighted by Gasteiger charge is -2.18. The third kappa shape index (κ3) is 2.19. The normalized spacial score (nSPS) is 15.7.